The number of amides is 1. The van der Waals surface area contributed by atoms with E-state index in [9.17, 15) is 14.9 Å². The van der Waals surface area contributed by atoms with Crippen LogP contribution < -0.4 is 0 Å². The van der Waals surface area contributed by atoms with Crippen LogP contribution in [0.15, 0.2) is 12.3 Å². The Morgan fingerprint density at radius 3 is 2.71 bits per heavy atom. The zero-order chi connectivity index (χ0) is 13.1. The smallest absolute Gasteiger partial charge is 0.410 e. The molecule has 0 aromatic heterocycles. The number of nitrogens with zero attached hydrogens (tertiary/aromatic N) is 2. The van der Waals surface area contributed by atoms with Crippen LogP contribution in [-0.4, -0.2) is 34.1 Å². The molecule has 1 fully saturated rings. The van der Waals surface area contributed by atoms with E-state index >= 15 is 0 Å². The Bertz CT molecular complexity index is 333. The Hall–Kier alpha value is -1.59. The van der Waals surface area contributed by atoms with Crippen molar-refractivity contribution in [1.82, 2.24) is 4.90 Å². The number of nitro groups is 1. The summed E-state index contributed by atoms with van der Waals surface area (Å²) in [7, 11) is 0. The lowest BCUT2D eigenvalue weighted by atomic mass is 10.2. The van der Waals surface area contributed by atoms with Crippen molar-refractivity contribution in [2.24, 2.45) is 0 Å². The fraction of sp³-hybridized carbons (Fsp3) is 0.727. The van der Waals surface area contributed by atoms with Crippen LogP contribution in [0, 0.1) is 10.1 Å². The van der Waals surface area contributed by atoms with Gasteiger partial charge in [0.15, 0.2) is 0 Å². The van der Waals surface area contributed by atoms with Crippen LogP contribution in [0.4, 0.5) is 4.79 Å². The van der Waals surface area contributed by atoms with Crippen molar-refractivity contribution in [3.05, 3.63) is 22.4 Å². The quantitative estimate of drug-likeness (QED) is 0.549. The van der Waals surface area contributed by atoms with E-state index in [0.29, 0.717) is 6.54 Å². The second-order valence-corrected chi connectivity index (χ2v) is 5.01. The Kier molecular flexibility index (Phi) is 4.09. The van der Waals surface area contributed by atoms with Crippen LogP contribution >= 0.6 is 0 Å². The molecule has 1 aliphatic rings. The highest BCUT2D eigenvalue weighted by atomic mass is 16.6. The van der Waals surface area contributed by atoms with Crippen LogP contribution in [0.5, 0.6) is 0 Å². The van der Waals surface area contributed by atoms with Gasteiger partial charge in [0.2, 0.25) is 6.20 Å². The molecular weight excluding hydrogens is 224 g/mol. The number of likely N-dealkylation sites (tertiary alicyclic amines) is 1. The van der Waals surface area contributed by atoms with E-state index < -0.39 is 16.6 Å². The maximum absolute atomic E-state index is 11.8. The van der Waals surface area contributed by atoms with E-state index in [1.54, 1.807) is 20.8 Å². The van der Waals surface area contributed by atoms with E-state index in [2.05, 4.69) is 0 Å². The van der Waals surface area contributed by atoms with E-state index in [1.165, 1.54) is 11.0 Å². The number of rotatable bonds is 2. The van der Waals surface area contributed by atoms with Gasteiger partial charge in [0.05, 0.1) is 11.0 Å². The van der Waals surface area contributed by atoms with E-state index in [0.717, 1.165) is 19.0 Å². The second kappa shape index (κ2) is 5.16. The highest BCUT2D eigenvalue weighted by Crippen LogP contribution is 2.21. The van der Waals surface area contributed by atoms with E-state index in [4.69, 9.17) is 4.74 Å². The summed E-state index contributed by atoms with van der Waals surface area (Å²) in [5.74, 6) is 0. The molecule has 1 amide bonds. The molecule has 0 aliphatic carbocycles. The van der Waals surface area contributed by atoms with Crippen molar-refractivity contribution in [3.8, 4) is 0 Å². The molecule has 6 heteroatoms. The average molecular weight is 242 g/mol. The summed E-state index contributed by atoms with van der Waals surface area (Å²) < 4.78 is 5.24. The van der Waals surface area contributed by atoms with Gasteiger partial charge in [-0.15, -0.1) is 0 Å². The summed E-state index contributed by atoms with van der Waals surface area (Å²) in [6.07, 6.45) is 3.49. The van der Waals surface area contributed by atoms with Crippen molar-refractivity contribution in [3.63, 3.8) is 0 Å². The van der Waals surface area contributed by atoms with Crippen LogP contribution in [0.3, 0.4) is 0 Å². The summed E-state index contributed by atoms with van der Waals surface area (Å²) in [4.78, 5) is 23.1. The number of carbonyl (C=O) groups excluding carboxylic acids is 1. The van der Waals surface area contributed by atoms with Crippen molar-refractivity contribution >= 4 is 6.09 Å². The molecule has 0 spiro atoms. The average Bonchev–Trinajstić information content (AvgIpc) is 2.59. The van der Waals surface area contributed by atoms with Crippen LogP contribution in [0.2, 0.25) is 0 Å². The maximum Gasteiger partial charge on any atom is 0.410 e. The van der Waals surface area contributed by atoms with Gasteiger partial charge in [-0.3, -0.25) is 10.1 Å². The topological polar surface area (TPSA) is 72.7 Å². The standard InChI is InChI=1S/C11H18N2O4/c1-11(2,3)17-10(14)12-7-4-5-9(12)6-8-13(15)16/h6,8-9H,4-5,7H2,1-3H3/b8-6+/t9-/m1/s1. The van der Waals surface area contributed by atoms with Gasteiger partial charge in [0, 0.05) is 12.6 Å². The number of hydrogen-bond acceptors (Lipinski definition) is 4. The first kappa shape index (κ1) is 13.5. The monoisotopic (exact) mass is 242 g/mol. The molecule has 0 N–H and O–H groups in total. The Morgan fingerprint density at radius 2 is 2.18 bits per heavy atom. The predicted octanol–water partition coefficient (Wildman–Crippen LogP) is 2.18. The SMILES string of the molecule is CC(C)(C)OC(=O)N1CCC[C@@H]1/C=C/[N+](=O)[O-]. The predicted molar refractivity (Wildman–Crippen MR) is 62.1 cm³/mol. The number of hydrogen-bond donors (Lipinski definition) is 0. The molecule has 0 saturated carbocycles. The molecule has 0 unspecified atom stereocenters. The van der Waals surface area contributed by atoms with Gasteiger partial charge in [-0.25, -0.2) is 4.79 Å². The van der Waals surface area contributed by atoms with Crippen LogP contribution in [0.1, 0.15) is 33.6 Å². The Balaban J connectivity index is 2.63. The van der Waals surface area contributed by atoms with E-state index in [-0.39, 0.29) is 6.04 Å². The summed E-state index contributed by atoms with van der Waals surface area (Å²) >= 11 is 0. The minimum absolute atomic E-state index is 0.227. The summed E-state index contributed by atoms with van der Waals surface area (Å²) in [6.45, 7) is 5.97. The largest absolute Gasteiger partial charge is 0.444 e. The van der Waals surface area contributed by atoms with Gasteiger partial charge in [-0.05, 0) is 33.6 Å². The van der Waals surface area contributed by atoms with Gasteiger partial charge < -0.3 is 9.64 Å². The first-order valence-corrected chi connectivity index (χ1v) is 5.61. The third kappa shape index (κ3) is 4.42. The Labute approximate surface area is 100 Å². The summed E-state index contributed by atoms with van der Waals surface area (Å²) in [6, 6.07) is -0.227. The summed E-state index contributed by atoms with van der Waals surface area (Å²) in [5.41, 5.74) is -0.545. The van der Waals surface area contributed by atoms with Crippen LogP contribution in [0.25, 0.3) is 0 Å². The lowest BCUT2D eigenvalue weighted by Gasteiger charge is -2.26. The molecule has 1 aliphatic heterocycles. The fourth-order valence-corrected chi connectivity index (χ4v) is 1.71. The lowest BCUT2D eigenvalue weighted by Crippen LogP contribution is -2.39. The van der Waals surface area contributed by atoms with Gasteiger partial charge in [0.25, 0.3) is 0 Å². The molecule has 1 heterocycles. The van der Waals surface area contributed by atoms with Gasteiger partial charge in [-0.1, -0.05) is 0 Å². The molecule has 1 atom stereocenters. The highest BCUT2D eigenvalue weighted by molar-refractivity contribution is 5.69. The van der Waals surface area contributed by atoms with Gasteiger partial charge >= 0.3 is 6.09 Å². The van der Waals surface area contributed by atoms with Gasteiger partial charge in [-0.2, -0.15) is 0 Å². The lowest BCUT2D eigenvalue weighted by molar-refractivity contribution is -0.402. The third-order valence-corrected chi connectivity index (χ3v) is 2.36. The van der Waals surface area contributed by atoms with Crippen molar-refractivity contribution in [2.75, 3.05) is 6.54 Å². The fourth-order valence-electron chi connectivity index (χ4n) is 1.71. The Morgan fingerprint density at radius 1 is 1.53 bits per heavy atom. The molecule has 96 valence electrons. The molecule has 0 bridgehead atoms. The molecule has 1 saturated heterocycles. The number of carbonyl (C=O) groups is 1. The molecule has 0 aromatic rings. The molecule has 6 nitrogen and oxygen atoms in total. The maximum atomic E-state index is 11.8. The zero-order valence-corrected chi connectivity index (χ0v) is 10.4. The molecule has 1 rings (SSSR count). The van der Waals surface area contributed by atoms with Crippen molar-refractivity contribution in [2.45, 2.75) is 45.3 Å². The first-order chi connectivity index (χ1) is 7.79. The normalized spacial score (nSPS) is 20.9. The summed E-state index contributed by atoms with van der Waals surface area (Å²) in [5, 5.41) is 10.2. The molecule has 0 aromatic carbocycles. The van der Waals surface area contributed by atoms with Crippen LogP contribution in [-0.2, 0) is 4.74 Å². The second-order valence-electron chi connectivity index (χ2n) is 5.01. The first-order valence-electron chi connectivity index (χ1n) is 5.61. The molecule has 17 heavy (non-hydrogen) atoms. The zero-order valence-electron chi connectivity index (χ0n) is 10.4. The highest BCUT2D eigenvalue weighted by Gasteiger charge is 2.31. The minimum atomic E-state index is -0.545. The minimum Gasteiger partial charge on any atom is -0.444 e. The van der Waals surface area contributed by atoms with Gasteiger partial charge in [0.1, 0.15) is 5.60 Å². The van der Waals surface area contributed by atoms with E-state index in [1.807, 2.05) is 0 Å². The van der Waals surface area contributed by atoms with Crippen molar-refractivity contribution < 1.29 is 14.5 Å². The molecular formula is C11H18N2O4. The number of ether oxygens (including phenoxy) is 1. The molecule has 0 radical (unpaired) electrons. The third-order valence-electron chi connectivity index (χ3n) is 2.36. The van der Waals surface area contributed by atoms with Crippen molar-refractivity contribution in [1.29, 1.82) is 0 Å².